The van der Waals surface area contributed by atoms with Gasteiger partial charge in [0.15, 0.2) is 11.5 Å². The molecule has 7 nitrogen and oxygen atoms in total. The van der Waals surface area contributed by atoms with Crippen LogP contribution < -0.4 is 14.8 Å². The minimum atomic E-state index is -0.364. The van der Waals surface area contributed by atoms with Crippen LogP contribution in [-0.4, -0.2) is 62.1 Å². The molecule has 1 heterocycles. The molecule has 0 atom stereocenters. The van der Waals surface area contributed by atoms with E-state index in [-0.39, 0.29) is 17.8 Å². The summed E-state index contributed by atoms with van der Waals surface area (Å²) in [5.74, 6) is 0.574. The smallest absolute Gasteiger partial charge is 0.321 e. The van der Waals surface area contributed by atoms with Gasteiger partial charge >= 0.3 is 6.03 Å². The molecule has 0 radical (unpaired) electrons. The molecule has 1 aliphatic heterocycles. The van der Waals surface area contributed by atoms with Crippen LogP contribution in [0.2, 0.25) is 0 Å². The number of halogens is 1. The molecule has 3 amide bonds. The number of piperazine rings is 1. The number of rotatable bonds is 6. The number of carbonyl (C=O) groups excluding carboxylic acids is 2. The van der Waals surface area contributed by atoms with Crippen molar-refractivity contribution in [2.45, 2.75) is 6.42 Å². The zero-order chi connectivity index (χ0) is 22.4. The van der Waals surface area contributed by atoms with Crippen molar-refractivity contribution in [3.8, 4) is 11.5 Å². The Hall–Kier alpha value is -3.55. The topological polar surface area (TPSA) is 71.1 Å². The van der Waals surface area contributed by atoms with E-state index in [4.69, 9.17) is 9.47 Å². The summed E-state index contributed by atoms with van der Waals surface area (Å²) in [6.07, 6.45) is 2.28. The van der Waals surface area contributed by atoms with Crippen LogP contribution in [-0.2, 0) is 6.42 Å². The average Bonchev–Trinajstić information content (AvgIpc) is 2.79. The number of nitrogens with one attached hydrogen (secondary N) is 1. The minimum Gasteiger partial charge on any atom is -0.493 e. The van der Waals surface area contributed by atoms with Crippen molar-refractivity contribution < 1.29 is 23.5 Å². The van der Waals surface area contributed by atoms with Crippen molar-refractivity contribution in [3.63, 3.8) is 0 Å². The second kappa shape index (κ2) is 9.97. The van der Waals surface area contributed by atoms with Gasteiger partial charge in [-0.1, -0.05) is 6.08 Å². The number of ether oxygens (including phenoxy) is 2. The zero-order valence-electron chi connectivity index (χ0n) is 17.7. The molecule has 2 aromatic rings. The van der Waals surface area contributed by atoms with E-state index < -0.39 is 0 Å². The number of hydrogen-bond acceptors (Lipinski definition) is 4. The third-order valence-corrected chi connectivity index (χ3v) is 5.12. The van der Waals surface area contributed by atoms with Crippen molar-refractivity contribution in [1.82, 2.24) is 9.80 Å². The Balaban J connectivity index is 1.65. The first kappa shape index (κ1) is 22.1. The molecule has 1 aliphatic rings. The molecule has 0 saturated carbocycles. The first-order chi connectivity index (χ1) is 15.0. The van der Waals surface area contributed by atoms with Crippen LogP contribution in [0.1, 0.15) is 15.9 Å². The Morgan fingerprint density at radius 2 is 1.71 bits per heavy atom. The number of amides is 3. The van der Waals surface area contributed by atoms with E-state index in [9.17, 15) is 14.0 Å². The summed E-state index contributed by atoms with van der Waals surface area (Å²) in [5.41, 5.74) is 1.83. The summed E-state index contributed by atoms with van der Waals surface area (Å²) in [6.45, 7) is 5.35. The van der Waals surface area contributed by atoms with E-state index in [0.717, 1.165) is 5.56 Å². The standard InChI is InChI=1S/C23H26FN3O4/c1-4-5-16-14-17(15-20(30-2)21(16)31-3)22(28)26-10-12-27(13-11-26)23(29)25-19-8-6-18(24)7-9-19/h4,6-9,14-15H,1,5,10-13H2,2-3H3,(H,25,29). The highest BCUT2D eigenvalue weighted by atomic mass is 19.1. The summed E-state index contributed by atoms with van der Waals surface area (Å²) in [4.78, 5) is 28.9. The quantitative estimate of drug-likeness (QED) is 0.716. The lowest BCUT2D eigenvalue weighted by atomic mass is 10.0. The highest BCUT2D eigenvalue weighted by Crippen LogP contribution is 2.33. The molecule has 0 aliphatic carbocycles. The fourth-order valence-corrected chi connectivity index (χ4v) is 3.50. The normalized spacial score (nSPS) is 13.5. The predicted octanol–water partition coefficient (Wildman–Crippen LogP) is 3.56. The highest BCUT2D eigenvalue weighted by molar-refractivity contribution is 5.96. The third kappa shape index (κ3) is 5.14. The average molecular weight is 427 g/mol. The summed E-state index contributed by atoms with van der Waals surface area (Å²) in [6, 6.07) is 8.76. The second-order valence-corrected chi connectivity index (χ2v) is 7.08. The van der Waals surface area contributed by atoms with Gasteiger partial charge in [0.1, 0.15) is 5.82 Å². The van der Waals surface area contributed by atoms with Crippen molar-refractivity contribution in [2.24, 2.45) is 0 Å². The first-order valence-corrected chi connectivity index (χ1v) is 9.93. The summed E-state index contributed by atoms with van der Waals surface area (Å²) in [5, 5.41) is 2.74. The fourth-order valence-electron chi connectivity index (χ4n) is 3.50. The van der Waals surface area contributed by atoms with E-state index in [1.165, 1.54) is 31.4 Å². The minimum absolute atomic E-state index is 0.134. The number of methoxy groups -OCH3 is 2. The summed E-state index contributed by atoms with van der Waals surface area (Å²) >= 11 is 0. The molecule has 1 fully saturated rings. The molecule has 0 aromatic heterocycles. The summed E-state index contributed by atoms with van der Waals surface area (Å²) in [7, 11) is 3.09. The van der Waals surface area contributed by atoms with Crippen molar-refractivity contribution in [2.75, 3.05) is 45.7 Å². The monoisotopic (exact) mass is 427 g/mol. The van der Waals surface area contributed by atoms with Gasteiger partial charge in [0.25, 0.3) is 5.91 Å². The lowest BCUT2D eigenvalue weighted by molar-refractivity contribution is 0.0671. The van der Waals surface area contributed by atoms with Crippen molar-refractivity contribution in [1.29, 1.82) is 0 Å². The number of carbonyl (C=O) groups is 2. The molecule has 3 rings (SSSR count). The van der Waals surface area contributed by atoms with E-state index >= 15 is 0 Å². The van der Waals surface area contributed by atoms with Crippen LogP contribution in [0.25, 0.3) is 0 Å². The largest absolute Gasteiger partial charge is 0.493 e. The number of nitrogens with zero attached hydrogens (tertiary/aromatic N) is 2. The van der Waals surface area contributed by atoms with Gasteiger partial charge in [0.2, 0.25) is 0 Å². The molecule has 2 aromatic carbocycles. The van der Waals surface area contributed by atoms with Crippen LogP contribution in [0, 0.1) is 5.82 Å². The van der Waals surface area contributed by atoms with Gasteiger partial charge in [-0.2, -0.15) is 0 Å². The van der Waals surface area contributed by atoms with Crippen LogP contribution in [0.5, 0.6) is 11.5 Å². The SMILES string of the molecule is C=CCc1cc(C(=O)N2CCN(C(=O)Nc3ccc(F)cc3)CC2)cc(OC)c1OC. The Morgan fingerprint density at radius 3 is 2.29 bits per heavy atom. The predicted molar refractivity (Wildman–Crippen MR) is 116 cm³/mol. The van der Waals surface area contributed by atoms with E-state index in [2.05, 4.69) is 11.9 Å². The molecule has 31 heavy (non-hydrogen) atoms. The molecule has 0 unspecified atom stereocenters. The van der Waals surface area contributed by atoms with Gasteiger partial charge < -0.3 is 24.6 Å². The summed E-state index contributed by atoms with van der Waals surface area (Å²) < 4.78 is 23.8. The molecule has 1 saturated heterocycles. The molecule has 0 spiro atoms. The lowest BCUT2D eigenvalue weighted by Gasteiger charge is -2.35. The first-order valence-electron chi connectivity index (χ1n) is 9.93. The second-order valence-electron chi connectivity index (χ2n) is 7.08. The van der Waals surface area contributed by atoms with Gasteiger partial charge in [-0.3, -0.25) is 4.79 Å². The van der Waals surface area contributed by atoms with Gasteiger partial charge in [-0.25, -0.2) is 9.18 Å². The van der Waals surface area contributed by atoms with E-state index in [1.54, 1.807) is 35.1 Å². The van der Waals surface area contributed by atoms with Gasteiger partial charge in [0, 0.05) is 43.0 Å². The molecular formula is C23H26FN3O4. The maximum Gasteiger partial charge on any atom is 0.321 e. The van der Waals surface area contributed by atoms with Gasteiger partial charge in [0.05, 0.1) is 14.2 Å². The Labute approximate surface area is 181 Å². The Bertz CT molecular complexity index is 954. The molecule has 8 heteroatoms. The van der Waals surface area contributed by atoms with Crippen LogP contribution in [0.4, 0.5) is 14.9 Å². The van der Waals surface area contributed by atoms with Crippen molar-refractivity contribution >= 4 is 17.6 Å². The van der Waals surface area contributed by atoms with E-state index in [1.807, 2.05) is 0 Å². The number of hydrogen-bond donors (Lipinski definition) is 1. The maximum absolute atomic E-state index is 13.1. The molecular weight excluding hydrogens is 401 g/mol. The number of benzene rings is 2. The van der Waals surface area contributed by atoms with Crippen LogP contribution >= 0.6 is 0 Å². The molecule has 0 bridgehead atoms. The molecule has 164 valence electrons. The fraction of sp³-hybridized carbons (Fsp3) is 0.304. The number of anilines is 1. The zero-order valence-corrected chi connectivity index (χ0v) is 17.7. The van der Waals surface area contributed by atoms with Crippen molar-refractivity contribution in [3.05, 3.63) is 66.0 Å². The lowest BCUT2D eigenvalue weighted by Crippen LogP contribution is -2.51. The van der Waals surface area contributed by atoms with E-state index in [0.29, 0.717) is 55.3 Å². The Kier molecular flexibility index (Phi) is 7.12. The van der Waals surface area contributed by atoms with Crippen LogP contribution in [0.15, 0.2) is 49.1 Å². The highest BCUT2D eigenvalue weighted by Gasteiger charge is 2.26. The Morgan fingerprint density at radius 1 is 1.06 bits per heavy atom. The number of allylic oxidation sites excluding steroid dienone is 1. The van der Waals surface area contributed by atoms with Gasteiger partial charge in [-0.05, 0) is 42.8 Å². The number of urea groups is 1. The maximum atomic E-state index is 13.1. The van der Waals surface area contributed by atoms with Gasteiger partial charge in [-0.15, -0.1) is 6.58 Å². The third-order valence-electron chi connectivity index (χ3n) is 5.12. The van der Waals surface area contributed by atoms with Crippen LogP contribution in [0.3, 0.4) is 0 Å². The molecule has 1 N–H and O–H groups in total.